The van der Waals surface area contributed by atoms with E-state index in [0.717, 1.165) is 38.6 Å². The molecule has 92 valence electrons. The summed E-state index contributed by atoms with van der Waals surface area (Å²) in [6, 6.07) is 16.3. The van der Waals surface area contributed by atoms with Crippen molar-refractivity contribution in [3.63, 3.8) is 0 Å². The Bertz CT molecular complexity index is 908. The SMILES string of the molecule is COc1ccc2nc3c(cc2c1)[nH]c1ccccc13. The average molecular weight is 248 g/mol. The Morgan fingerprint density at radius 1 is 1.00 bits per heavy atom. The number of ether oxygens (including phenoxy) is 1. The first-order valence-electron chi connectivity index (χ1n) is 6.20. The van der Waals surface area contributed by atoms with Crippen molar-refractivity contribution in [2.24, 2.45) is 0 Å². The van der Waals surface area contributed by atoms with Crippen LogP contribution in [-0.2, 0) is 0 Å². The van der Waals surface area contributed by atoms with Gasteiger partial charge in [0.2, 0.25) is 0 Å². The first-order chi connectivity index (χ1) is 9.35. The number of aromatic nitrogens is 2. The van der Waals surface area contributed by atoms with Crippen molar-refractivity contribution in [1.82, 2.24) is 9.97 Å². The monoisotopic (exact) mass is 248 g/mol. The third-order valence-electron chi connectivity index (χ3n) is 3.47. The molecule has 2 aromatic heterocycles. The number of rotatable bonds is 1. The van der Waals surface area contributed by atoms with Gasteiger partial charge in [-0.25, -0.2) is 4.98 Å². The molecule has 0 fully saturated rings. The molecule has 4 rings (SSSR count). The highest BCUT2D eigenvalue weighted by Gasteiger charge is 2.07. The number of methoxy groups -OCH3 is 1. The van der Waals surface area contributed by atoms with Crippen LogP contribution in [0.3, 0.4) is 0 Å². The second-order valence-electron chi connectivity index (χ2n) is 4.61. The number of aromatic amines is 1. The first kappa shape index (κ1) is 10.4. The highest BCUT2D eigenvalue weighted by Crippen LogP contribution is 2.28. The molecule has 4 aromatic rings. The van der Waals surface area contributed by atoms with Gasteiger partial charge in [0.25, 0.3) is 0 Å². The molecule has 0 aliphatic carbocycles. The smallest absolute Gasteiger partial charge is 0.119 e. The van der Waals surface area contributed by atoms with E-state index in [4.69, 9.17) is 9.72 Å². The van der Waals surface area contributed by atoms with E-state index in [0.29, 0.717) is 0 Å². The van der Waals surface area contributed by atoms with Gasteiger partial charge in [-0.3, -0.25) is 0 Å². The molecular weight excluding hydrogens is 236 g/mol. The zero-order valence-corrected chi connectivity index (χ0v) is 10.5. The molecule has 3 heteroatoms. The molecule has 0 saturated carbocycles. The average Bonchev–Trinajstić information content (AvgIpc) is 2.81. The zero-order chi connectivity index (χ0) is 12.8. The Kier molecular flexibility index (Phi) is 2.03. The number of hydrogen-bond donors (Lipinski definition) is 1. The topological polar surface area (TPSA) is 37.9 Å². The molecule has 0 unspecified atom stereocenters. The maximum atomic E-state index is 5.26. The lowest BCUT2D eigenvalue weighted by Crippen LogP contribution is -1.84. The summed E-state index contributed by atoms with van der Waals surface area (Å²) >= 11 is 0. The van der Waals surface area contributed by atoms with Crippen molar-refractivity contribution in [1.29, 1.82) is 0 Å². The van der Waals surface area contributed by atoms with Crippen LogP contribution in [0.15, 0.2) is 48.5 Å². The highest BCUT2D eigenvalue weighted by molar-refractivity contribution is 6.08. The van der Waals surface area contributed by atoms with E-state index in [1.165, 1.54) is 0 Å². The van der Waals surface area contributed by atoms with Crippen LogP contribution < -0.4 is 4.74 Å². The molecule has 1 N–H and O–H groups in total. The Balaban J connectivity index is 2.15. The fourth-order valence-corrected chi connectivity index (χ4v) is 2.53. The largest absolute Gasteiger partial charge is 0.497 e. The van der Waals surface area contributed by atoms with E-state index in [9.17, 15) is 0 Å². The maximum absolute atomic E-state index is 5.26. The minimum absolute atomic E-state index is 0.852. The summed E-state index contributed by atoms with van der Waals surface area (Å²) in [6.45, 7) is 0. The first-order valence-corrected chi connectivity index (χ1v) is 6.20. The molecule has 2 heterocycles. The quantitative estimate of drug-likeness (QED) is 0.555. The van der Waals surface area contributed by atoms with Crippen LogP contribution in [0.5, 0.6) is 5.75 Å². The molecule has 0 aliphatic heterocycles. The van der Waals surface area contributed by atoms with Crippen LogP contribution in [0.1, 0.15) is 0 Å². The normalized spacial score (nSPS) is 11.4. The summed E-state index contributed by atoms with van der Waals surface area (Å²) in [6.07, 6.45) is 0. The summed E-state index contributed by atoms with van der Waals surface area (Å²) in [7, 11) is 1.68. The molecule has 0 aliphatic rings. The molecule has 0 atom stereocenters. The lowest BCUT2D eigenvalue weighted by molar-refractivity contribution is 0.415. The van der Waals surface area contributed by atoms with Gasteiger partial charge in [0.15, 0.2) is 0 Å². The van der Waals surface area contributed by atoms with E-state index < -0.39 is 0 Å². The van der Waals surface area contributed by atoms with Crippen molar-refractivity contribution < 1.29 is 4.74 Å². The van der Waals surface area contributed by atoms with Crippen LogP contribution in [0.4, 0.5) is 0 Å². The van der Waals surface area contributed by atoms with Gasteiger partial charge in [0, 0.05) is 16.3 Å². The number of para-hydroxylation sites is 1. The predicted molar refractivity (Wildman–Crippen MR) is 77.7 cm³/mol. The number of nitrogens with zero attached hydrogens (tertiary/aromatic N) is 1. The van der Waals surface area contributed by atoms with Gasteiger partial charge in [0.05, 0.1) is 23.7 Å². The van der Waals surface area contributed by atoms with Crippen LogP contribution in [-0.4, -0.2) is 17.1 Å². The zero-order valence-electron chi connectivity index (χ0n) is 10.5. The van der Waals surface area contributed by atoms with Crippen molar-refractivity contribution in [3.8, 4) is 5.75 Å². The molecule has 3 nitrogen and oxygen atoms in total. The number of H-pyrrole nitrogens is 1. The van der Waals surface area contributed by atoms with Crippen molar-refractivity contribution >= 4 is 32.8 Å². The van der Waals surface area contributed by atoms with E-state index in [-0.39, 0.29) is 0 Å². The van der Waals surface area contributed by atoms with Gasteiger partial charge in [-0.2, -0.15) is 0 Å². The third-order valence-corrected chi connectivity index (χ3v) is 3.47. The molecular formula is C16H12N2O. The van der Waals surface area contributed by atoms with Gasteiger partial charge in [-0.05, 0) is 30.3 Å². The lowest BCUT2D eigenvalue weighted by Gasteiger charge is -2.02. The Hall–Kier alpha value is -2.55. The number of nitrogens with one attached hydrogen (secondary N) is 1. The van der Waals surface area contributed by atoms with Crippen LogP contribution in [0.2, 0.25) is 0 Å². The molecule has 0 saturated heterocycles. The minimum atomic E-state index is 0.852. The summed E-state index contributed by atoms with van der Waals surface area (Å²) in [5.41, 5.74) is 4.18. The van der Waals surface area contributed by atoms with E-state index in [1.54, 1.807) is 7.11 Å². The van der Waals surface area contributed by atoms with Crippen molar-refractivity contribution in [3.05, 3.63) is 48.5 Å². The lowest BCUT2D eigenvalue weighted by atomic mass is 10.1. The fraction of sp³-hybridized carbons (Fsp3) is 0.0625. The second kappa shape index (κ2) is 3.72. The number of fused-ring (bicyclic) bond motifs is 4. The minimum Gasteiger partial charge on any atom is -0.497 e. The highest BCUT2D eigenvalue weighted by atomic mass is 16.5. The van der Waals surface area contributed by atoms with E-state index >= 15 is 0 Å². The van der Waals surface area contributed by atoms with E-state index in [2.05, 4.69) is 23.2 Å². The van der Waals surface area contributed by atoms with Crippen molar-refractivity contribution in [2.45, 2.75) is 0 Å². The Morgan fingerprint density at radius 3 is 2.79 bits per heavy atom. The van der Waals surface area contributed by atoms with Gasteiger partial charge >= 0.3 is 0 Å². The van der Waals surface area contributed by atoms with Crippen LogP contribution in [0.25, 0.3) is 32.8 Å². The van der Waals surface area contributed by atoms with Crippen LogP contribution in [0, 0.1) is 0 Å². The Labute approximate surface area is 109 Å². The van der Waals surface area contributed by atoms with Gasteiger partial charge in [0.1, 0.15) is 5.75 Å². The van der Waals surface area contributed by atoms with E-state index in [1.807, 2.05) is 30.3 Å². The number of hydrogen-bond acceptors (Lipinski definition) is 2. The molecule has 2 aromatic carbocycles. The van der Waals surface area contributed by atoms with Gasteiger partial charge < -0.3 is 9.72 Å². The standard InChI is InChI=1S/C16H12N2O/c1-19-11-6-7-13-10(8-11)9-15-16(18-13)12-4-2-3-5-14(12)17-15/h2-9,17H,1H3. The summed E-state index contributed by atoms with van der Waals surface area (Å²) in [5.74, 6) is 0.852. The molecule has 0 bridgehead atoms. The van der Waals surface area contributed by atoms with Crippen molar-refractivity contribution in [2.75, 3.05) is 7.11 Å². The molecule has 0 spiro atoms. The number of benzene rings is 2. The van der Waals surface area contributed by atoms with Gasteiger partial charge in [-0.15, -0.1) is 0 Å². The second-order valence-corrected chi connectivity index (χ2v) is 4.61. The fourth-order valence-electron chi connectivity index (χ4n) is 2.53. The predicted octanol–water partition coefficient (Wildman–Crippen LogP) is 3.88. The summed E-state index contributed by atoms with van der Waals surface area (Å²) in [5, 5.41) is 2.24. The summed E-state index contributed by atoms with van der Waals surface area (Å²) < 4.78 is 5.26. The number of pyridine rings is 1. The molecule has 0 radical (unpaired) electrons. The summed E-state index contributed by atoms with van der Waals surface area (Å²) in [4.78, 5) is 8.16. The van der Waals surface area contributed by atoms with Crippen LogP contribution >= 0.6 is 0 Å². The molecule has 0 amide bonds. The maximum Gasteiger partial charge on any atom is 0.119 e. The van der Waals surface area contributed by atoms with Gasteiger partial charge in [-0.1, -0.05) is 18.2 Å². The Morgan fingerprint density at radius 2 is 1.89 bits per heavy atom. The molecule has 19 heavy (non-hydrogen) atoms. The third kappa shape index (κ3) is 1.48.